The molecule has 2 aromatic heterocycles. The molecule has 1 aliphatic rings. The number of fused-ring (bicyclic) bond motifs is 1. The van der Waals surface area contributed by atoms with E-state index in [2.05, 4.69) is 37.5 Å². The minimum Gasteiger partial charge on any atom is -0.351 e. The van der Waals surface area contributed by atoms with Crippen LogP contribution in [-0.2, 0) is 12.7 Å². The largest absolute Gasteiger partial charge is 0.416 e. The fraction of sp³-hybridized carbons (Fsp3) is 0.344. The maximum absolute atomic E-state index is 14.0. The standard InChI is InChI=1S/C32H34F3N7O/c1-21(2)36-31-38-29-17-23(11-12-42(29)39-31)6-8-24-18-25(7-5-22(24)3)30(43)37-27-10-9-26(28(19-27)32(33,34)35)20-41-15-13-40(4)14-16-41/h5,7,9-12,17-19,21H,13-16,20H2,1-4H3,(H,36,39)(H,37,43). The van der Waals surface area contributed by atoms with E-state index in [1.165, 1.54) is 12.1 Å². The molecule has 1 fully saturated rings. The maximum Gasteiger partial charge on any atom is 0.416 e. The predicted octanol–water partition coefficient (Wildman–Crippen LogP) is 5.28. The number of carbonyl (C=O) groups is 1. The van der Waals surface area contributed by atoms with Gasteiger partial charge in [0, 0.05) is 67.3 Å². The number of piperazine rings is 1. The number of aryl methyl sites for hydroxylation is 1. The Balaban J connectivity index is 1.32. The van der Waals surface area contributed by atoms with E-state index in [1.54, 1.807) is 28.9 Å². The first-order valence-electron chi connectivity index (χ1n) is 14.1. The molecule has 1 saturated heterocycles. The Morgan fingerprint density at radius 2 is 1.79 bits per heavy atom. The van der Waals surface area contributed by atoms with Gasteiger partial charge in [-0.15, -0.1) is 5.10 Å². The van der Waals surface area contributed by atoms with Gasteiger partial charge in [0.05, 0.1) is 5.56 Å². The van der Waals surface area contributed by atoms with E-state index in [0.717, 1.165) is 30.3 Å². The number of alkyl halides is 3. The number of rotatable bonds is 6. The van der Waals surface area contributed by atoms with Crippen molar-refractivity contribution in [2.75, 3.05) is 43.9 Å². The van der Waals surface area contributed by atoms with E-state index in [0.29, 0.717) is 35.8 Å². The summed E-state index contributed by atoms with van der Waals surface area (Å²) in [6, 6.07) is 12.9. The van der Waals surface area contributed by atoms with Crippen LogP contribution in [0.15, 0.2) is 54.7 Å². The second kappa shape index (κ2) is 12.5. The number of hydrogen-bond acceptors (Lipinski definition) is 6. The zero-order valence-corrected chi connectivity index (χ0v) is 24.6. The van der Waals surface area contributed by atoms with Gasteiger partial charge in [0.25, 0.3) is 5.91 Å². The zero-order valence-electron chi connectivity index (χ0n) is 24.6. The van der Waals surface area contributed by atoms with Crippen molar-refractivity contribution in [2.24, 2.45) is 0 Å². The summed E-state index contributed by atoms with van der Waals surface area (Å²) in [6.07, 6.45) is -2.77. The van der Waals surface area contributed by atoms with Crippen LogP contribution in [0.1, 0.15) is 52.0 Å². The number of likely N-dealkylation sites (N-methyl/N-ethyl adjacent to an activating group) is 1. The minimum absolute atomic E-state index is 0.0839. The molecule has 1 aliphatic heterocycles. The van der Waals surface area contributed by atoms with E-state index in [9.17, 15) is 18.0 Å². The molecular weight excluding hydrogens is 555 g/mol. The van der Waals surface area contributed by atoms with Crippen LogP contribution in [0, 0.1) is 18.8 Å². The molecule has 8 nitrogen and oxygen atoms in total. The number of anilines is 2. The lowest BCUT2D eigenvalue weighted by atomic mass is 10.0. The van der Waals surface area contributed by atoms with Gasteiger partial charge in [0.1, 0.15) is 0 Å². The molecule has 1 amide bonds. The third-order valence-corrected chi connectivity index (χ3v) is 7.26. The first-order chi connectivity index (χ1) is 20.4. The van der Waals surface area contributed by atoms with Crippen molar-refractivity contribution in [3.63, 3.8) is 0 Å². The SMILES string of the molecule is Cc1ccc(C(=O)Nc2ccc(CN3CCN(C)CC3)c(C(F)(F)F)c2)cc1C#Cc1ccn2nc(NC(C)C)nc2c1. The molecule has 0 unspecified atom stereocenters. The highest BCUT2D eigenvalue weighted by Gasteiger charge is 2.34. The number of nitrogens with zero attached hydrogens (tertiary/aromatic N) is 5. The van der Waals surface area contributed by atoms with Crippen molar-refractivity contribution >= 4 is 23.2 Å². The molecule has 224 valence electrons. The van der Waals surface area contributed by atoms with Crippen molar-refractivity contribution in [2.45, 2.75) is 39.5 Å². The number of amides is 1. The minimum atomic E-state index is -4.54. The number of benzene rings is 2. The van der Waals surface area contributed by atoms with Gasteiger partial charge in [-0.25, -0.2) is 4.52 Å². The van der Waals surface area contributed by atoms with Crippen molar-refractivity contribution < 1.29 is 18.0 Å². The molecule has 43 heavy (non-hydrogen) atoms. The molecule has 0 atom stereocenters. The topological polar surface area (TPSA) is 77.8 Å². The summed E-state index contributed by atoms with van der Waals surface area (Å²) in [5, 5.41) is 10.2. The van der Waals surface area contributed by atoms with Gasteiger partial charge < -0.3 is 15.5 Å². The molecule has 11 heteroatoms. The third-order valence-electron chi connectivity index (χ3n) is 7.26. The van der Waals surface area contributed by atoms with Crippen molar-refractivity contribution in [1.29, 1.82) is 0 Å². The van der Waals surface area contributed by atoms with E-state index in [1.807, 2.05) is 44.9 Å². The summed E-state index contributed by atoms with van der Waals surface area (Å²) in [5.41, 5.74) is 2.70. The Labute approximate surface area is 248 Å². The summed E-state index contributed by atoms with van der Waals surface area (Å²) in [4.78, 5) is 21.7. The van der Waals surface area contributed by atoms with Crippen molar-refractivity contribution in [3.05, 3.63) is 88.1 Å². The van der Waals surface area contributed by atoms with Crippen LogP contribution < -0.4 is 10.6 Å². The van der Waals surface area contributed by atoms with Crippen LogP contribution in [0.5, 0.6) is 0 Å². The molecule has 0 saturated carbocycles. The van der Waals surface area contributed by atoms with Gasteiger partial charge in [0.2, 0.25) is 5.95 Å². The first-order valence-corrected chi connectivity index (χ1v) is 14.1. The van der Waals surface area contributed by atoms with E-state index < -0.39 is 17.6 Å². The Morgan fingerprint density at radius 1 is 1.02 bits per heavy atom. The monoisotopic (exact) mass is 589 g/mol. The highest BCUT2D eigenvalue weighted by atomic mass is 19.4. The molecule has 3 heterocycles. The maximum atomic E-state index is 14.0. The third kappa shape index (κ3) is 7.52. The number of hydrogen-bond donors (Lipinski definition) is 2. The van der Waals surface area contributed by atoms with Gasteiger partial charge in [0.15, 0.2) is 5.65 Å². The lowest BCUT2D eigenvalue weighted by molar-refractivity contribution is -0.138. The number of carbonyl (C=O) groups excluding carboxylic acids is 1. The normalized spacial score (nSPS) is 14.5. The lowest BCUT2D eigenvalue weighted by Gasteiger charge is -2.33. The average Bonchev–Trinajstić information content (AvgIpc) is 3.34. The molecule has 0 spiro atoms. The Bertz CT molecular complexity index is 1690. The molecule has 0 bridgehead atoms. The van der Waals surface area contributed by atoms with Gasteiger partial charge >= 0.3 is 6.18 Å². The molecule has 5 rings (SSSR count). The molecule has 2 aromatic carbocycles. The average molecular weight is 590 g/mol. The second-order valence-electron chi connectivity index (χ2n) is 11.1. The Morgan fingerprint density at radius 3 is 2.51 bits per heavy atom. The zero-order chi connectivity index (χ0) is 30.7. The fourth-order valence-electron chi connectivity index (χ4n) is 4.82. The Kier molecular flexibility index (Phi) is 8.71. The summed E-state index contributed by atoms with van der Waals surface area (Å²) < 4.78 is 43.7. The predicted molar refractivity (Wildman–Crippen MR) is 161 cm³/mol. The molecule has 0 aliphatic carbocycles. The summed E-state index contributed by atoms with van der Waals surface area (Å²) in [7, 11) is 2.00. The van der Waals surface area contributed by atoms with Crippen molar-refractivity contribution in [1.82, 2.24) is 24.4 Å². The molecule has 0 radical (unpaired) electrons. The van der Waals surface area contributed by atoms with E-state index in [-0.39, 0.29) is 23.8 Å². The van der Waals surface area contributed by atoms with E-state index in [4.69, 9.17) is 0 Å². The highest BCUT2D eigenvalue weighted by Crippen LogP contribution is 2.34. The van der Waals surface area contributed by atoms with Crippen LogP contribution >= 0.6 is 0 Å². The van der Waals surface area contributed by atoms with Crippen LogP contribution in [0.2, 0.25) is 0 Å². The van der Waals surface area contributed by atoms with Crippen molar-refractivity contribution in [3.8, 4) is 11.8 Å². The number of pyridine rings is 1. The second-order valence-corrected chi connectivity index (χ2v) is 11.1. The van der Waals surface area contributed by atoms with Gasteiger partial charge in [-0.3, -0.25) is 9.69 Å². The van der Waals surface area contributed by atoms with Gasteiger partial charge in [-0.1, -0.05) is 24.0 Å². The first kappa shape index (κ1) is 30.1. The summed E-state index contributed by atoms with van der Waals surface area (Å²) >= 11 is 0. The lowest BCUT2D eigenvalue weighted by Crippen LogP contribution is -2.44. The van der Waals surface area contributed by atoms with Gasteiger partial charge in [-0.05, 0) is 75.3 Å². The smallest absolute Gasteiger partial charge is 0.351 e. The Hall–Kier alpha value is -4.40. The van der Waals surface area contributed by atoms with Crippen LogP contribution in [0.25, 0.3) is 5.65 Å². The number of nitrogens with one attached hydrogen (secondary N) is 2. The molecular formula is C32H34F3N7O. The quantitative estimate of drug-likeness (QED) is 0.298. The van der Waals surface area contributed by atoms with Crippen LogP contribution in [0.4, 0.5) is 24.8 Å². The highest BCUT2D eigenvalue weighted by molar-refractivity contribution is 6.04. The number of aromatic nitrogens is 3. The number of halogens is 3. The van der Waals surface area contributed by atoms with Gasteiger partial charge in [-0.2, -0.15) is 18.2 Å². The van der Waals surface area contributed by atoms with Crippen LogP contribution in [0.3, 0.4) is 0 Å². The molecule has 4 aromatic rings. The molecule has 2 N–H and O–H groups in total. The fourth-order valence-corrected chi connectivity index (χ4v) is 4.82. The van der Waals surface area contributed by atoms with E-state index >= 15 is 0 Å². The summed E-state index contributed by atoms with van der Waals surface area (Å²) in [5.74, 6) is 6.24. The summed E-state index contributed by atoms with van der Waals surface area (Å²) in [6.45, 7) is 9.13. The van der Waals surface area contributed by atoms with Crippen LogP contribution in [-0.4, -0.2) is 69.6 Å².